The van der Waals surface area contributed by atoms with Crippen LogP contribution in [0.2, 0.25) is 0 Å². The summed E-state index contributed by atoms with van der Waals surface area (Å²) in [5.41, 5.74) is 1.89. The maximum atomic E-state index is 12.1. The maximum Gasteiger partial charge on any atom is 0.573 e. The zero-order valence-electron chi connectivity index (χ0n) is 15.1. The van der Waals surface area contributed by atoms with E-state index in [0.717, 1.165) is 17.8 Å². The minimum absolute atomic E-state index is 0. The molecule has 2 aromatic rings. The lowest BCUT2D eigenvalue weighted by Gasteiger charge is -2.12. The van der Waals surface area contributed by atoms with Crippen LogP contribution in [0, 0.1) is 0 Å². The summed E-state index contributed by atoms with van der Waals surface area (Å²) >= 11 is 0. The molecule has 1 heterocycles. The van der Waals surface area contributed by atoms with Crippen LogP contribution >= 0.6 is 24.0 Å². The van der Waals surface area contributed by atoms with Gasteiger partial charge < -0.3 is 15.4 Å². The van der Waals surface area contributed by atoms with E-state index < -0.39 is 6.36 Å². The van der Waals surface area contributed by atoms with Crippen LogP contribution in [0.1, 0.15) is 18.2 Å². The molecule has 0 radical (unpaired) electrons. The van der Waals surface area contributed by atoms with Crippen LogP contribution in [-0.4, -0.2) is 35.2 Å². The Morgan fingerprint density at radius 3 is 2.44 bits per heavy atom. The van der Waals surface area contributed by atoms with Crippen molar-refractivity contribution in [2.45, 2.75) is 26.3 Å². The fourth-order valence-electron chi connectivity index (χ4n) is 2.24. The largest absolute Gasteiger partial charge is 0.573 e. The zero-order valence-corrected chi connectivity index (χ0v) is 17.4. The van der Waals surface area contributed by atoms with Gasteiger partial charge in [-0.15, -0.1) is 37.1 Å². The first-order chi connectivity index (χ1) is 12.4. The summed E-state index contributed by atoms with van der Waals surface area (Å²) < 4.78 is 42.1. The number of guanidine groups is 1. The maximum absolute atomic E-state index is 12.1. The minimum Gasteiger partial charge on any atom is -0.406 e. The minimum atomic E-state index is -4.67. The molecule has 0 saturated heterocycles. The third-order valence-electron chi connectivity index (χ3n) is 3.53. The van der Waals surface area contributed by atoms with Crippen molar-refractivity contribution in [3.8, 4) is 5.75 Å². The van der Waals surface area contributed by atoms with Gasteiger partial charge in [0.1, 0.15) is 5.75 Å². The molecule has 0 spiro atoms. The highest BCUT2D eigenvalue weighted by Crippen LogP contribution is 2.22. The Bertz CT molecular complexity index is 716. The second-order valence-corrected chi connectivity index (χ2v) is 5.51. The fraction of sp³-hybridized carbons (Fsp3) is 0.412. The second kappa shape index (κ2) is 11.0. The summed E-state index contributed by atoms with van der Waals surface area (Å²) in [7, 11) is 1.86. The van der Waals surface area contributed by atoms with Crippen molar-refractivity contribution in [2.75, 3.05) is 13.1 Å². The van der Waals surface area contributed by atoms with Crippen molar-refractivity contribution in [1.82, 2.24) is 20.4 Å². The first-order valence-electron chi connectivity index (χ1n) is 8.21. The lowest BCUT2D eigenvalue weighted by atomic mass is 10.1. The van der Waals surface area contributed by atoms with Gasteiger partial charge in [-0.2, -0.15) is 5.10 Å². The molecule has 2 rings (SSSR count). The fourth-order valence-corrected chi connectivity index (χ4v) is 2.24. The van der Waals surface area contributed by atoms with Crippen molar-refractivity contribution < 1.29 is 17.9 Å². The summed E-state index contributed by atoms with van der Waals surface area (Å²) in [5.74, 6) is 0.450. The van der Waals surface area contributed by atoms with Gasteiger partial charge in [-0.05, 0) is 37.1 Å². The molecule has 10 heteroatoms. The molecule has 0 saturated carbocycles. The van der Waals surface area contributed by atoms with Crippen LogP contribution in [0.3, 0.4) is 0 Å². The molecule has 0 aliphatic carbocycles. The van der Waals surface area contributed by atoms with E-state index in [0.29, 0.717) is 25.5 Å². The number of aliphatic imine (C=N–C) groups is 1. The van der Waals surface area contributed by atoms with Gasteiger partial charge in [0.05, 0.1) is 12.2 Å². The Labute approximate surface area is 173 Å². The van der Waals surface area contributed by atoms with Crippen LogP contribution in [0.4, 0.5) is 13.2 Å². The smallest absolute Gasteiger partial charge is 0.406 e. The zero-order chi connectivity index (χ0) is 19.0. The van der Waals surface area contributed by atoms with Crippen molar-refractivity contribution >= 4 is 29.9 Å². The molecule has 0 aliphatic rings. The number of nitrogens with one attached hydrogen (secondary N) is 2. The number of halogens is 4. The van der Waals surface area contributed by atoms with Crippen LogP contribution in [0.5, 0.6) is 5.75 Å². The highest BCUT2D eigenvalue weighted by atomic mass is 127. The van der Waals surface area contributed by atoms with E-state index in [-0.39, 0.29) is 29.7 Å². The van der Waals surface area contributed by atoms with Gasteiger partial charge in [0.15, 0.2) is 5.96 Å². The van der Waals surface area contributed by atoms with Gasteiger partial charge in [0.25, 0.3) is 0 Å². The number of aryl methyl sites for hydroxylation is 1. The summed E-state index contributed by atoms with van der Waals surface area (Å²) in [6, 6.07) is 7.75. The SMILES string of the molecule is CCNC(=NCc1ccnn1C)NCCc1ccc(OC(F)(F)F)cc1.I. The Kier molecular flexibility index (Phi) is 9.39. The van der Waals surface area contributed by atoms with Gasteiger partial charge in [-0.25, -0.2) is 4.99 Å². The molecule has 6 nitrogen and oxygen atoms in total. The van der Waals surface area contributed by atoms with E-state index >= 15 is 0 Å². The molecule has 0 bridgehead atoms. The van der Waals surface area contributed by atoms with Crippen LogP contribution in [-0.2, 0) is 20.0 Å². The number of hydrogen-bond donors (Lipinski definition) is 2. The topological polar surface area (TPSA) is 63.5 Å². The molecule has 150 valence electrons. The highest BCUT2D eigenvalue weighted by Gasteiger charge is 2.30. The van der Waals surface area contributed by atoms with E-state index in [1.807, 2.05) is 20.0 Å². The molecule has 1 aromatic carbocycles. The van der Waals surface area contributed by atoms with E-state index in [2.05, 4.69) is 25.5 Å². The molecule has 0 fully saturated rings. The molecular formula is C17H23F3IN5O. The predicted octanol–water partition coefficient (Wildman–Crippen LogP) is 3.23. The third-order valence-corrected chi connectivity index (χ3v) is 3.53. The van der Waals surface area contributed by atoms with Crippen molar-refractivity contribution in [3.05, 3.63) is 47.8 Å². The summed E-state index contributed by atoms with van der Waals surface area (Å²) in [6.07, 6.45) is -2.31. The number of rotatable bonds is 7. The van der Waals surface area contributed by atoms with Gasteiger partial charge in [-0.3, -0.25) is 4.68 Å². The average molecular weight is 497 g/mol. The Hall–Kier alpha value is -1.98. The summed E-state index contributed by atoms with van der Waals surface area (Å²) in [4.78, 5) is 4.49. The Balaban J connectivity index is 0.00000364. The number of nitrogens with zero attached hydrogens (tertiary/aromatic N) is 3. The third kappa shape index (κ3) is 8.50. The first-order valence-corrected chi connectivity index (χ1v) is 8.21. The monoisotopic (exact) mass is 497 g/mol. The van der Waals surface area contributed by atoms with Crippen LogP contribution in [0.15, 0.2) is 41.5 Å². The van der Waals surface area contributed by atoms with E-state index in [1.165, 1.54) is 12.1 Å². The van der Waals surface area contributed by atoms with Crippen LogP contribution in [0.25, 0.3) is 0 Å². The standard InChI is InChI=1S/C17H22F3N5O.HI/c1-3-21-16(23-12-14-9-11-24-25(14)2)22-10-8-13-4-6-15(7-5-13)26-17(18,19)20;/h4-7,9,11H,3,8,10,12H2,1-2H3,(H2,21,22,23);1H. The van der Waals surface area contributed by atoms with E-state index in [4.69, 9.17) is 0 Å². The second-order valence-electron chi connectivity index (χ2n) is 5.51. The van der Waals surface area contributed by atoms with Crippen LogP contribution < -0.4 is 15.4 Å². The van der Waals surface area contributed by atoms with E-state index in [9.17, 15) is 13.2 Å². The number of hydrogen-bond acceptors (Lipinski definition) is 3. The molecule has 0 unspecified atom stereocenters. The molecule has 0 aliphatic heterocycles. The number of alkyl halides is 3. The van der Waals surface area contributed by atoms with Gasteiger partial charge in [0, 0.05) is 26.3 Å². The van der Waals surface area contributed by atoms with Crippen molar-refractivity contribution in [1.29, 1.82) is 0 Å². The quantitative estimate of drug-likeness (QED) is 0.351. The van der Waals surface area contributed by atoms with Gasteiger partial charge in [0.2, 0.25) is 0 Å². The van der Waals surface area contributed by atoms with Crippen molar-refractivity contribution in [3.63, 3.8) is 0 Å². The summed E-state index contributed by atoms with van der Waals surface area (Å²) in [5, 5.41) is 10.4. The number of ether oxygens (including phenoxy) is 1. The predicted molar refractivity (Wildman–Crippen MR) is 108 cm³/mol. The Morgan fingerprint density at radius 2 is 1.89 bits per heavy atom. The van der Waals surface area contributed by atoms with E-state index in [1.54, 1.807) is 23.0 Å². The highest BCUT2D eigenvalue weighted by molar-refractivity contribution is 14.0. The molecule has 1 aromatic heterocycles. The lowest BCUT2D eigenvalue weighted by Crippen LogP contribution is -2.38. The lowest BCUT2D eigenvalue weighted by molar-refractivity contribution is -0.274. The molecule has 0 atom stereocenters. The molecular weight excluding hydrogens is 474 g/mol. The van der Waals surface area contributed by atoms with Gasteiger partial charge >= 0.3 is 6.36 Å². The normalized spacial score (nSPS) is 11.7. The molecule has 2 N–H and O–H groups in total. The molecule has 27 heavy (non-hydrogen) atoms. The first kappa shape index (κ1) is 23.1. The van der Waals surface area contributed by atoms with Gasteiger partial charge in [-0.1, -0.05) is 12.1 Å². The van der Waals surface area contributed by atoms with Crippen molar-refractivity contribution in [2.24, 2.45) is 12.0 Å². The molecule has 0 amide bonds. The Morgan fingerprint density at radius 1 is 1.19 bits per heavy atom. The average Bonchev–Trinajstić information content (AvgIpc) is 2.98. The number of benzene rings is 1. The number of aromatic nitrogens is 2. The summed E-state index contributed by atoms with van der Waals surface area (Å²) in [6.45, 7) is 3.79.